The van der Waals surface area contributed by atoms with Gasteiger partial charge < -0.3 is 34.2 Å². The summed E-state index contributed by atoms with van der Waals surface area (Å²) in [5, 5.41) is 4.98. The van der Waals surface area contributed by atoms with Gasteiger partial charge in [0.2, 0.25) is 23.6 Å². The van der Waals surface area contributed by atoms with Crippen LogP contribution < -0.4 is 15.5 Å². The molecule has 3 atom stereocenters. The fourth-order valence-corrected chi connectivity index (χ4v) is 9.06. The Balaban J connectivity index is 0.709. The van der Waals surface area contributed by atoms with E-state index in [1.807, 2.05) is 17.9 Å². The lowest BCUT2D eigenvalue weighted by molar-refractivity contribution is -0.137. The van der Waals surface area contributed by atoms with E-state index < -0.39 is 29.7 Å². The molecule has 4 aliphatic rings. The van der Waals surface area contributed by atoms with Crippen LogP contribution in [0.15, 0.2) is 60.7 Å². The molecule has 0 radical (unpaired) electrons. The molecule has 3 aromatic carbocycles. The number of piperidine rings is 1. The molecule has 348 valence electrons. The van der Waals surface area contributed by atoms with Crippen LogP contribution >= 0.6 is 0 Å². The standard InChI is InChI=1S/C48H60FN7O9/c1-32-5-4-6-40(49)38(32)28-53-29-39(42(30-53)52(2)3)34-9-11-35(12-10-34)54-18-20-55(21-19-54)45(59)31-65-26-25-64-24-23-63-22-17-50-43(57)15-8-33-7-13-36-37(27-33)48(62)56(47(36)61)41-14-16-44(58)51-46(41)60/h4-7,9-13,27,39,41-42H,8,14-26,28-31H2,1-3H3,(H,50,57)(H,51,58,60)/t39-,41?,42+/m1/s1. The Bertz CT molecular complexity index is 2190. The molecular formula is C48H60FN7O9. The Labute approximate surface area is 379 Å². The summed E-state index contributed by atoms with van der Waals surface area (Å²) in [6.07, 6.45) is 0.632. The molecule has 1 unspecified atom stereocenters. The number of anilines is 1. The third-order valence-corrected chi connectivity index (χ3v) is 12.8. The molecule has 0 spiro atoms. The number of ether oxygens (including phenoxy) is 3. The number of hydrogen-bond acceptors (Lipinski definition) is 12. The van der Waals surface area contributed by atoms with Crippen LogP contribution in [0.4, 0.5) is 10.1 Å². The second-order valence-electron chi connectivity index (χ2n) is 17.3. The first-order valence-corrected chi connectivity index (χ1v) is 22.5. The molecule has 0 saturated carbocycles. The van der Waals surface area contributed by atoms with Gasteiger partial charge in [-0.1, -0.05) is 30.3 Å². The highest BCUT2D eigenvalue weighted by Gasteiger charge is 2.44. The van der Waals surface area contributed by atoms with Gasteiger partial charge in [0.1, 0.15) is 18.5 Å². The number of likely N-dealkylation sites (N-methyl/N-ethyl adjacent to an activating group) is 1. The summed E-state index contributed by atoms with van der Waals surface area (Å²) in [4.78, 5) is 84.8. The second-order valence-corrected chi connectivity index (χ2v) is 17.3. The molecule has 0 aromatic heterocycles. The Hall–Kier alpha value is -5.59. The molecule has 4 aliphatic heterocycles. The molecule has 6 amide bonds. The number of amides is 6. The highest BCUT2D eigenvalue weighted by atomic mass is 19.1. The highest BCUT2D eigenvalue weighted by Crippen LogP contribution is 2.33. The van der Waals surface area contributed by atoms with E-state index in [1.165, 1.54) is 11.6 Å². The lowest BCUT2D eigenvalue weighted by Gasteiger charge is -2.36. The number of nitrogens with one attached hydrogen (secondary N) is 2. The predicted octanol–water partition coefficient (Wildman–Crippen LogP) is 2.51. The number of halogens is 1. The molecule has 7 rings (SSSR count). The first kappa shape index (κ1) is 47.4. The normalized spacial score (nSPS) is 20.2. The lowest BCUT2D eigenvalue weighted by Crippen LogP contribution is -2.54. The summed E-state index contributed by atoms with van der Waals surface area (Å²) in [5.74, 6) is -2.33. The maximum absolute atomic E-state index is 14.6. The highest BCUT2D eigenvalue weighted by molar-refractivity contribution is 6.23. The van der Waals surface area contributed by atoms with Crippen LogP contribution in [0.3, 0.4) is 0 Å². The minimum Gasteiger partial charge on any atom is -0.377 e. The third kappa shape index (κ3) is 11.8. The molecule has 3 aromatic rings. The number of carbonyl (C=O) groups excluding carboxylic acids is 6. The fourth-order valence-electron chi connectivity index (χ4n) is 9.06. The average Bonchev–Trinajstić information content (AvgIpc) is 3.83. The lowest BCUT2D eigenvalue weighted by atomic mass is 9.93. The number of hydrogen-bond donors (Lipinski definition) is 2. The van der Waals surface area contributed by atoms with Crippen molar-refractivity contribution in [2.24, 2.45) is 0 Å². The Morgan fingerprint density at radius 3 is 2.26 bits per heavy atom. The van der Waals surface area contributed by atoms with Gasteiger partial charge >= 0.3 is 0 Å². The van der Waals surface area contributed by atoms with E-state index in [-0.39, 0.29) is 61.2 Å². The Kier molecular flexibility index (Phi) is 16.1. The van der Waals surface area contributed by atoms with Gasteiger partial charge in [-0.2, -0.15) is 0 Å². The first-order valence-electron chi connectivity index (χ1n) is 22.5. The maximum Gasteiger partial charge on any atom is 0.262 e. The molecule has 65 heavy (non-hydrogen) atoms. The smallest absolute Gasteiger partial charge is 0.262 e. The number of aryl methyl sites for hydroxylation is 2. The number of nitrogens with zero attached hydrogens (tertiary/aromatic N) is 5. The van der Waals surface area contributed by atoms with Gasteiger partial charge in [-0.15, -0.1) is 0 Å². The van der Waals surface area contributed by atoms with Crippen molar-refractivity contribution >= 4 is 41.1 Å². The maximum atomic E-state index is 14.6. The summed E-state index contributed by atoms with van der Waals surface area (Å²) < 4.78 is 31.3. The number of rotatable bonds is 20. The fraction of sp³-hybridized carbons (Fsp3) is 0.500. The van der Waals surface area contributed by atoms with Gasteiger partial charge in [0, 0.05) is 88.4 Å². The predicted molar refractivity (Wildman–Crippen MR) is 239 cm³/mol. The molecule has 2 N–H and O–H groups in total. The van der Waals surface area contributed by atoms with Crippen molar-refractivity contribution < 1.29 is 47.4 Å². The minimum absolute atomic E-state index is 0.0103. The zero-order valence-corrected chi connectivity index (χ0v) is 37.5. The molecular weight excluding hydrogens is 838 g/mol. The molecule has 3 saturated heterocycles. The molecule has 16 nitrogen and oxygen atoms in total. The van der Waals surface area contributed by atoms with Gasteiger partial charge in [0.05, 0.1) is 44.2 Å². The van der Waals surface area contributed by atoms with E-state index >= 15 is 0 Å². The summed E-state index contributed by atoms with van der Waals surface area (Å²) in [6.45, 7) is 8.84. The van der Waals surface area contributed by atoms with Crippen LogP contribution in [-0.2, 0) is 46.4 Å². The zero-order chi connectivity index (χ0) is 46.0. The van der Waals surface area contributed by atoms with Crippen LogP contribution in [0.5, 0.6) is 0 Å². The molecule has 4 heterocycles. The van der Waals surface area contributed by atoms with Crippen molar-refractivity contribution in [2.75, 3.05) is 104 Å². The number of piperazine rings is 1. The van der Waals surface area contributed by atoms with E-state index in [2.05, 4.69) is 63.7 Å². The largest absolute Gasteiger partial charge is 0.377 e. The summed E-state index contributed by atoms with van der Waals surface area (Å²) in [5.41, 5.74) is 5.24. The van der Waals surface area contributed by atoms with E-state index in [1.54, 1.807) is 24.3 Å². The van der Waals surface area contributed by atoms with Gasteiger partial charge in [-0.05, 0) is 80.9 Å². The number of benzene rings is 3. The van der Waals surface area contributed by atoms with Gasteiger partial charge in [-0.25, -0.2) is 4.39 Å². The number of fused-ring (bicyclic) bond motifs is 1. The number of imide groups is 2. The van der Waals surface area contributed by atoms with Crippen molar-refractivity contribution in [3.8, 4) is 0 Å². The van der Waals surface area contributed by atoms with Crippen molar-refractivity contribution in [2.45, 2.75) is 57.2 Å². The monoisotopic (exact) mass is 897 g/mol. The molecule has 0 bridgehead atoms. The van der Waals surface area contributed by atoms with Gasteiger partial charge in [-0.3, -0.25) is 43.9 Å². The van der Waals surface area contributed by atoms with Gasteiger partial charge in [0.25, 0.3) is 11.8 Å². The van der Waals surface area contributed by atoms with Crippen LogP contribution in [0.2, 0.25) is 0 Å². The SMILES string of the molecule is Cc1cccc(F)c1CN1C[C@H](c2ccc(N3CCN(C(=O)COCCOCCOCCNC(=O)CCc4ccc5c(c4)C(=O)N(C4CCC(=O)NC4=O)C5=O)CC3)cc2)[C@@H](N(C)C)C1. The van der Waals surface area contributed by atoms with Crippen molar-refractivity contribution in [3.63, 3.8) is 0 Å². The van der Waals surface area contributed by atoms with Gasteiger partial charge in [0.15, 0.2) is 0 Å². The molecule has 17 heteroatoms. The van der Waals surface area contributed by atoms with Crippen molar-refractivity contribution in [3.05, 3.63) is 99.9 Å². The van der Waals surface area contributed by atoms with Crippen molar-refractivity contribution in [1.29, 1.82) is 0 Å². The van der Waals surface area contributed by atoms with Crippen molar-refractivity contribution in [1.82, 2.24) is 30.2 Å². The van der Waals surface area contributed by atoms with Crippen LogP contribution in [-0.4, -0.2) is 167 Å². The topological polar surface area (TPSA) is 170 Å². The minimum atomic E-state index is -1.03. The quantitative estimate of drug-likeness (QED) is 0.126. The van der Waals surface area contributed by atoms with Crippen LogP contribution in [0, 0.1) is 12.7 Å². The summed E-state index contributed by atoms with van der Waals surface area (Å²) in [6, 6.07) is 18.2. The Morgan fingerprint density at radius 1 is 0.846 bits per heavy atom. The van der Waals surface area contributed by atoms with E-state index in [9.17, 15) is 33.2 Å². The van der Waals surface area contributed by atoms with Crippen LogP contribution in [0.25, 0.3) is 0 Å². The Morgan fingerprint density at radius 2 is 1.55 bits per heavy atom. The van der Waals surface area contributed by atoms with E-state index in [0.717, 1.165) is 47.9 Å². The number of carbonyl (C=O) groups is 6. The zero-order valence-electron chi connectivity index (χ0n) is 37.5. The van der Waals surface area contributed by atoms with E-state index in [4.69, 9.17) is 14.2 Å². The number of likely N-dealkylation sites (tertiary alicyclic amines) is 1. The summed E-state index contributed by atoms with van der Waals surface area (Å²) >= 11 is 0. The van der Waals surface area contributed by atoms with E-state index in [0.29, 0.717) is 76.6 Å². The average molecular weight is 898 g/mol. The second kappa shape index (κ2) is 22.1. The first-order chi connectivity index (χ1) is 31.4. The summed E-state index contributed by atoms with van der Waals surface area (Å²) in [7, 11) is 4.23. The molecule has 0 aliphatic carbocycles. The van der Waals surface area contributed by atoms with Crippen LogP contribution in [0.1, 0.15) is 68.2 Å². The molecule has 3 fully saturated rings. The third-order valence-electron chi connectivity index (χ3n) is 12.8.